The Kier molecular flexibility index (Phi) is 4.16. The zero-order valence-corrected chi connectivity index (χ0v) is 12.7. The first kappa shape index (κ1) is 13.7. The summed E-state index contributed by atoms with van der Waals surface area (Å²) in [5.41, 5.74) is 2.58. The molecule has 1 aromatic carbocycles. The lowest BCUT2D eigenvalue weighted by atomic mass is 9.99. The summed E-state index contributed by atoms with van der Waals surface area (Å²) in [5, 5.41) is 3.56. The lowest BCUT2D eigenvalue weighted by molar-refractivity contribution is 0.404. The van der Waals surface area contributed by atoms with E-state index in [0.717, 1.165) is 37.3 Å². The highest BCUT2D eigenvalue weighted by atomic mass is 16.5. The number of ether oxygens (including phenoxy) is 1. The van der Waals surface area contributed by atoms with E-state index in [9.17, 15) is 0 Å². The number of piperidine rings is 1. The predicted octanol–water partition coefficient (Wildman–Crippen LogP) is 3.18. The van der Waals surface area contributed by atoms with Gasteiger partial charge < -0.3 is 15.0 Å². The molecule has 1 saturated heterocycles. The van der Waals surface area contributed by atoms with Crippen LogP contribution in [0.2, 0.25) is 0 Å². The molecule has 1 aliphatic carbocycles. The number of hydrogen-bond acceptors (Lipinski definition) is 3. The first-order chi connectivity index (χ1) is 9.76. The van der Waals surface area contributed by atoms with Gasteiger partial charge in [-0.25, -0.2) is 0 Å². The molecular formula is C17H26N2O. The van der Waals surface area contributed by atoms with Crippen LogP contribution in [-0.2, 0) is 6.54 Å². The fraction of sp³-hybridized carbons (Fsp3) is 0.647. The van der Waals surface area contributed by atoms with Crippen LogP contribution in [0.15, 0.2) is 18.2 Å². The molecule has 1 unspecified atom stereocenters. The van der Waals surface area contributed by atoms with E-state index in [2.05, 4.69) is 35.3 Å². The van der Waals surface area contributed by atoms with Crippen LogP contribution in [0.25, 0.3) is 0 Å². The normalized spacial score (nSPS) is 22.9. The van der Waals surface area contributed by atoms with Gasteiger partial charge in [0, 0.05) is 25.7 Å². The first-order valence-electron chi connectivity index (χ1n) is 7.91. The van der Waals surface area contributed by atoms with E-state index < -0.39 is 0 Å². The second-order valence-corrected chi connectivity index (χ2v) is 6.35. The average Bonchev–Trinajstić information content (AvgIpc) is 3.29. The van der Waals surface area contributed by atoms with Crippen molar-refractivity contribution < 1.29 is 4.74 Å². The van der Waals surface area contributed by atoms with E-state index in [1.54, 1.807) is 7.11 Å². The van der Waals surface area contributed by atoms with Crippen LogP contribution in [0.3, 0.4) is 0 Å². The van der Waals surface area contributed by atoms with E-state index >= 15 is 0 Å². The third-order valence-corrected chi connectivity index (χ3v) is 4.41. The van der Waals surface area contributed by atoms with Gasteiger partial charge >= 0.3 is 0 Å². The Morgan fingerprint density at radius 1 is 1.30 bits per heavy atom. The molecular weight excluding hydrogens is 248 g/mol. The first-order valence-corrected chi connectivity index (χ1v) is 7.91. The van der Waals surface area contributed by atoms with Crippen molar-refractivity contribution in [2.24, 2.45) is 5.92 Å². The Bertz CT molecular complexity index is 456. The number of hydrogen-bond donors (Lipinski definition) is 1. The Labute approximate surface area is 122 Å². The third kappa shape index (κ3) is 3.26. The Hall–Kier alpha value is -1.22. The van der Waals surface area contributed by atoms with Crippen LogP contribution in [0.4, 0.5) is 5.69 Å². The molecule has 1 heterocycles. The van der Waals surface area contributed by atoms with Crippen molar-refractivity contribution in [1.82, 2.24) is 5.32 Å². The number of nitrogens with zero attached hydrogens (tertiary/aromatic N) is 1. The van der Waals surface area contributed by atoms with Gasteiger partial charge in [0.05, 0.1) is 12.8 Å². The lowest BCUT2D eigenvalue weighted by Gasteiger charge is -2.33. The van der Waals surface area contributed by atoms with Crippen molar-refractivity contribution in [2.45, 2.75) is 45.2 Å². The van der Waals surface area contributed by atoms with Gasteiger partial charge in [0.25, 0.3) is 0 Å². The van der Waals surface area contributed by atoms with Gasteiger partial charge in [-0.3, -0.25) is 0 Å². The molecule has 110 valence electrons. The molecule has 1 aliphatic heterocycles. The Morgan fingerprint density at radius 3 is 2.85 bits per heavy atom. The highest BCUT2D eigenvalue weighted by molar-refractivity contribution is 5.60. The lowest BCUT2D eigenvalue weighted by Crippen LogP contribution is -2.34. The van der Waals surface area contributed by atoms with Crippen LogP contribution < -0.4 is 15.0 Å². The van der Waals surface area contributed by atoms with Crippen molar-refractivity contribution in [1.29, 1.82) is 0 Å². The van der Waals surface area contributed by atoms with E-state index in [-0.39, 0.29) is 0 Å². The second kappa shape index (κ2) is 6.04. The zero-order chi connectivity index (χ0) is 13.9. The van der Waals surface area contributed by atoms with Gasteiger partial charge in [0.15, 0.2) is 0 Å². The average molecular weight is 274 g/mol. The van der Waals surface area contributed by atoms with Crippen molar-refractivity contribution >= 4 is 5.69 Å². The maximum absolute atomic E-state index is 5.63. The summed E-state index contributed by atoms with van der Waals surface area (Å²) < 4.78 is 5.63. The quantitative estimate of drug-likeness (QED) is 0.892. The van der Waals surface area contributed by atoms with Crippen LogP contribution >= 0.6 is 0 Å². The topological polar surface area (TPSA) is 24.5 Å². The van der Waals surface area contributed by atoms with Crippen molar-refractivity contribution in [3.63, 3.8) is 0 Å². The molecule has 1 aromatic rings. The summed E-state index contributed by atoms with van der Waals surface area (Å²) in [6.45, 7) is 5.60. The Morgan fingerprint density at radius 2 is 2.15 bits per heavy atom. The zero-order valence-electron chi connectivity index (χ0n) is 12.7. The van der Waals surface area contributed by atoms with Crippen LogP contribution in [0.5, 0.6) is 5.75 Å². The highest BCUT2D eigenvalue weighted by Crippen LogP contribution is 2.32. The number of rotatable bonds is 5. The summed E-state index contributed by atoms with van der Waals surface area (Å²) in [7, 11) is 1.78. The molecule has 20 heavy (non-hydrogen) atoms. The van der Waals surface area contributed by atoms with Gasteiger partial charge in [-0.2, -0.15) is 0 Å². The van der Waals surface area contributed by atoms with E-state index in [1.165, 1.54) is 36.9 Å². The molecule has 1 N–H and O–H groups in total. The number of methoxy groups -OCH3 is 1. The monoisotopic (exact) mass is 274 g/mol. The van der Waals surface area contributed by atoms with E-state index in [4.69, 9.17) is 4.74 Å². The molecule has 0 radical (unpaired) electrons. The summed E-state index contributed by atoms with van der Waals surface area (Å²) in [4.78, 5) is 2.48. The minimum absolute atomic E-state index is 0.753. The standard InChI is InChI=1S/C17H26N2O/c1-13-4-3-9-19(12-13)16-8-5-14(10-17(16)20-2)11-18-15-6-7-15/h5,8,10,13,15,18H,3-4,6-7,9,11-12H2,1-2H3. The van der Waals surface area contributed by atoms with Crippen molar-refractivity contribution in [3.8, 4) is 5.75 Å². The number of nitrogens with one attached hydrogen (secondary N) is 1. The predicted molar refractivity (Wildman–Crippen MR) is 83.5 cm³/mol. The molecule has 0 spiro atoms. The molecule has 0 bridgehead atoms. The maximum Gasteiger partial charge on any atom is 0.142 e. The SMILES string of the molecule is COc1cc(CNC2CC2)ccc1N1CCCC(C)C1. The maximum atomic E-state index is 5.63. The molecule has 1 atom stereocenters. The van der Waals surface area contributed by atoms with Gasteiger partial charge in [0.1, 0.15) is 5.75 Å². The largest absolute Gasteiger partial charge is 0.495 e. The van der Waals surface area contributed by atoms with Gasteiger partial charge in [-0.05, 0) is 49.3 Å². The van der Waals surface area contributed by atoms with Gasteiger partial charge in [0.2, 0.25) is 0 Å². The molecule has 1 saturated carbocycles. The minimum Gasteiger partial charge on any atom is -0.495 e. The molecule has 3 nitrogen and oxygen atoms in total. The highest BCUT2D eigenvalue weighted by Gasteiger charge is 2.21. The summed E-state index contributed by atoms with van der Waals surface area (Å²) in [5.74, 6) is 1.80. The van der Waals surface area contributed by atoms with Crippen LogP contribution in [0.1, 0.15) is 38.2 Å². The van der Waals surface area contributed by atoms with E-state index in [1.807, 2.05) is 0 Å². The number of anilines is 1. The smallest absolute Gasteiger partial charge is 0.142 e. The van der Waals surface area contributed by atoms with E-state index in [0.29, 0.717) is 0 Å². The van der Waals surface area contributed by atoms with Crippen molar-refractivity contribution in [3.05, 3.63) is 23.8 Å². The van der Waals surface area contributed by atoms with Crippen LogP contribution in [0, 0.1) is 5.92 Å². The Balaban J connectivity index is 1.72. The molecule has 0 aromatic heterocycles. The molecule has 3 heteroatoms. The fourth-order valence-corrected chi connectivity index (χ4v) is 3.05. The van der Waals surface area contributed by atoms with Crippen molar-refractivity contribution in [2.75, 3.05) is 25.1 Å². The number of benzene rings is 1. The van der Waals surface area contributed by atoms with Gasteiger partial charge in [-0.1, -0.05) is 13.0 Å². The van der Waals surface area contributed by atoms with Crippen LogP contribution in [-0.4, -0.2) is 26.2 Å². The summed E-state index contributed by atoms with van der Waals surface area (Å²) >= 11 is 0. The molecule has 2 fully saturated rings. The molecule has 3 rings (SSSR count). The molecule has 2 aliphatic rings. The fourth-order valence-electron chi connectivity index (χ4n) is 3.05. The minimum atomic E-state index is 0.753. The third-order valence-electron chi connectivity index (χ3n) is 4.41. The van der Waals surface area contributed by atoms with Gasteiger partial charge in [-0.15, -0.1) is 0 Å². The summed E-state index contributed by atoms with van der Waals surface area (Å²) in [6, 6.07) is 7.43. The second-order valence-electron chi connectivity index (χ2n) is 6.35. The summed E-state index contributed by atoms with van der Waals surface area (Å²) in [6.07, 6.45) is 5.30. The molecule has 0 amide bonds.